The van der Waals surface area contributed by atoms with Crippen LogP contribution in [0.5, 0.6) is 5.75 Å². The summed E-state index contributed by atoms with van der Waals surface area (Å²) >= 11 is 0. The summed E-state index contributed by atoms with van der Waals surface area (Å²) in [6, 6.07) is 27.9. The molecule has 0 aliphatic rings. The average molecular weight is 474 g/mol. The number of ether oxygens (including phenoxy) is 1. The molecule has 0 aliphatic heterocycles. The van der Waals surface area contributed by atoms with Crippen LogP contribution >= 0.6 is 0 Å². The van der Waals surface area contributed by atoms with Gasteiger partial charge in [0.1, 0.15) is 17.6 Å². The summed E-state index contributed by atoms with van der Waals surface area (Å²) in [5, 5.41) is 14.9. The second kappa shape index (κ2) is 10.3. The maximum atomic E-state index is 9.99. The van der Waals surface area contributed by atoms with E-state index in [1.165, 1.54) is 0 Å². The lowest BCUT2D eigenvalue weighted by atomic mass is 10.1. The molecule has 0 unspecified atom stereocenters. The molecule has 0 amide bonds. The summed E-state index contributed by atoms with van der Waals surface area (Å²) in [5.41, 5.74) is 5.63. The van der Waals surface area contributed by atoms with Gasteiger partial charge >= 0.3 is 0 Å². The topological polar surface area (TPSA) is 79.5 Å². The highest BCUT2D eigenvalue weighted by Gasteiger charge is 2.15. The molecule has 0 atom stereocenters. The first-order chi connectivity index (χ1) is 17.6. The quantitative estimate of drug-likeness (QED) is 0.249. The third kappa shape index (κ3) is 5.06. The van der Waals surface area contributed by atoms with Crippen molar-refractivity contribution in [2.75, 3.05) is 6.61 Å². The van der Waals surface area contributed by atoms with Gasteiger partial charge in [-0.1, -0.05) is 44.2 Å². The zero-order valence-electron chi connectivity index (χ0n) is 20.3. The number of rotatable bonds is 8. The number of nitriles is 1. The highest BCUT2D eigenvalue weighted by atomic mass is 16.5. The van der Waals surface area contributed by atoms with Gasteiger partial charge in [-0.3, -0.25) is 0 Å². The number of aromatic amines is 1. The lowest BCUT2D eigenvalue weighted by molar-refractivity contribution is 0.289. The Morgan fingerprint density at radius 1 is 1.03 bits per heavy atom. The standard InChI is InChI=1S/C30H27N5O/c1-21(2)16-17-36-26-14-12-22(13-15-26)29-24(20-35(34-29)25-8-4-3-5-9-25)18-23(19-31)30-32-27-10-6-7-11-28(27)33-30/h3-15,18,20-21H,16-17H2,1-2H3,(H,32,33)/b23-18+. The minimum Gasteiger partial charge on any atom is -0.494 e. The number of para-hydroxylation sites is 3. The van der Waals surface area contributed by atoms with Gasteiger partial charge in [0, 0.05) is 17.3 Å². The number of nitrogens with zero attached hydrogens (tertiary/aromatic N) is 4. The van der Waals surface area contributed by atoms with E-state index in [0.29, 0.717) is 23.9 Å². The van der Waals surface area contributed by atoms with Gasteiger partial charge in [0.2, 0.25) is 0 Å². The van der Waals surface area contributed by atoms with Crippen LogP contribution in [-0.2, 0) is 0 Å². The van der Waals surface area contributed by atoms with Gasteiger partial charge in [0.25, 0.3) is 0 Å². The molecule has 6 nitrogen and oxygen atoms in total. The number of hydrogen-bond donors (Lipinski definition) is 1. The van der Waals surface area contributed by atoms with E-state index in [4.69, 9.17) is 9.84 Å². The van der Waals surface area contributed by atoms with Crippen molar-refractivity contribution in [3.8, 4) is 28.8 Å². The van der Waals surface area contributed by atoms with Crippen LogP contribution in [0, 0.1) is 17.2 Å². The molecule has 5 rings (SSSR count). The average Bonchev–Trinajstić information content (AvgIpc) is 3.52. The summed E-state index contributed by atoms with van der Waals surface area (Å²) in [7, 11) is 0. The number of nitrogens with one attached hydrogen (secondary N) is 1. The first kappa shape index (κ1) is 23.1. The van der Waals surface area contributed by atoms with Crippen molar-refractivity contribution in [2.24, 2.45) is 5.92 Å². The molecule has 2 heterocycles. The smallest absolute Gasteiger partial charge is 0.149 e. The molecule has 3 aromatic carbocycles. The molecule has 0 saturated heterocycles. The number of benzene rings is 3. The minimum atomic E-state index is 0.439. The van der Waals surface area contributed by atoms with Crippen LogP contribution in [0.1, 0.15) is 31.7 Å². The lowest BCUT2D eigenvalue weighted by Crippen LogP contribution is -2.01. The number of aromatic nitrogens is 4. The van der Waals surface area contributed by atoms with Crippen molar-refractivity contribution in [3.05, 3.63) is 96.4 Å². The zero-order chi connectivity index (χ0) is 24.9. The van der Waals surface area contributed by atoms with E-state index in [2.05, 4.69) is 29.9 Å². The van der Waals surface area contributed by atoms with Crippen LogP contribution in [0.2, 0.25) is 0 Å². The van der Waals surface area contributed by atoms with Crippen molar-refractivity contribution in [1.82, 2.24) is 19.7 Å². The highest BCUT2D eigenvalue weighted by molar-refractivity contribution is 5.92. The summed E-state index contributed by atoms with van der Waals surface area (Å²) < 4.78 is 7.72. The maximum Gasteiger partial charge on any atom is 0.149 e. The van der Waals surface area contributed by atoms with Crippen LogP contribution in [0.15, 0.2) is 85.1 Å². The van der Waals surface area contributed by atoms with Gasteiger partial charge in [-0.15, -0.1) is 0 Å². The minimum absolute atomic E-state index is 0.439. The molecule has 2 aromatic heterocycles. The molecule has 178 valence electrons. The Morgan fingerprint density at radius 2 is 1.78 bits per heavy atom. The molecule has 6 heteroatoms. The first-order valence-electron chi connectivity index (χ1n) is 12.1. The number of fused-ring (bicyclic) bond motifs is 1. The lowest BCUT2D eigenvalue weighted by Gasteiger charge is -2.08. The number of H-pyrrole nitrogens is 1. The summed E-state index contributed by atoms with van der Waals surface area (Å²) in [6.07, 6.45) is 4.79. The van der Waals surface area contributed by atoms with Crippen LogP contribution < -0.4 is 4.74 Å². The van der Waals surface area contributed by atoms with Crippen molar-refractivity contribution < 1.29 is 4.74 Å². The largest absolute Gasteiger partial charge is 0.494 e. The van der Waals surface area contributed by atoms with Crippen LogP contribution in [-0.4, -0.2) is 26.4 Å². The monoisotopic (exact) mass is 473 g/mol. The molecule has 0 saturated carbocycles. The number of imidazole rings is 1. The highest BCUT2D eigenvalue weighted by Crippen LogP contribution is 2.29. The molecular weight excluding hydrogens is 446 g/mol. The molecule has 0 fully saturated rings. The van der Waals surface area contributed by atoms with Crippen LogP contribution in [0.4, 0.5) is 0 Å². The Hall–Kier alpha value is -4.63. The van der Waals surface area contributed by atoms with E-state index in [1.54, 1.807) is 0 Å². The van der Waals surface area contributed by atoms with E-state index in [-0.39, 0.29) is 0 Å². The van der Waals surface area contributed by atoms with Gasteiger partial charge in [0.05, 0.1) is 34.6 Å². The normalized spacial score (nSPS) is 11.7. The Balaban J connectivity index is 1.53. The first-order valence-corrected chi connectivity index (χ1v) is 12.1. The fourth-order valence-electron chi connectivity index (χ4n) is 3.94. The fraction of sp³-hybridized carbons (Fsp3) is 0.167. The molecule has 36 heavy (non-hydrogen) atoms. The molecule has 0 radical (unpaired) electrons. The predicted molar refractivity (Wildman–Crippen MR) is 144 cm³/mol. The summed E-state index contributed by atoms with van der Waals surface area (Å²) in [4.78, 5) is 7.86. The molecular formula is C30H27N5O. The van der Waals surface area contributed by atoms with E-state index in [9.17, 15) is 5.26 Å². The van der Waals surface area contributed by atoms with E-state index in [1.807, 2.05) is 95.8 Å². The van der Waals surface area contributed by atoms with Gasteiger partial charge in [-0.25, -0.2) is 9.67 Å². The van der Waals surface area contributed by atoms with E-state index < -0.39 is 0 Å². The Morgan fingerprint density at radius 3 is 2.50 bits per heavy atom. The third-order valence-electron chi connectivity index (χ3n) is 5.92. The zero-order valence-corrected chi connectivity index (χ0v) is 20.3. The molecule has 0 spiro atoms. The molecule has 0 bridgehead atoms. The number of allylic oxidation sites excluding steroid dienone is 1. The summed E-state index contributed by atoms with van der Waals surface area (Å²) in [5.74, 6) is 1.96. The van der Waals surface area contributed by atoms with Crippen molar-refractivity contribution in [3.63, 3.8) is 0 Å². The van der Waals surface area contributed by atoms with Crippen molar-refractivity contribution in [1.29, 1.82) is 5.26 Å². The van der Waals surface area contributed by atoms with E-state index >= 15 is 0 Å². The van der Waals surface area contributed by atoms with Gasteiger partial charge in [-0.05, 0) is 66.9 Å². The molecule has 5 aromatic rings. The summed E-state index contributed by atoms with van der Waals surface area (Å²) in [6.45, 7) is 5.06. The second-order valence-electron chi connectivity index (χ2n) is 9.04. The third-order valence-corrected chi connectivity index (χ3v) is 5.92. The SMILES string of the molecule is CC(C)CCOc1ccc(-c2nn(-c3ccccc3)cc2/C=C(\C#N)c2nc3ccccc3[nH]2)cc1. The van der Waals surface area contributed by atoms with Gasteiger partial charge < -0.3 is 9.72 Å². The van der Waals surface area contributed by atoms with Crippen LogP contribution in [0.25, 0.3) is 39.6 Å². The Kier molecular flexibility index (Phi) is 6.63. The second-order valence-corrected chi connectivity index (χ2v) is 9.04. The maximum absolute atomic E-state index is 9.99. The van der Waals surface area contributed by atoms with Gasteiger partial charge in [-0.2, -0.15) is 10.4 Å². The van der Waals surface area contributed by atoms with Crippen molar-refractivity contribution >= 4 is 22.7 Å². The van der Waals surface area contributed by atoms with Crippen LogP contribution in [0.3, 0.4) is 0 Å². The fourth-order valence-corrected chi connectivity index (χ4v) is 3.94. The van der Waals surface area contributed by atoms with Crippen molar-refractivity contribution in [2.45, 2.75) is 20.3 Å². The number of hydrogen-bond acceptors (Lipinski definition) is 4. The predicted octanol–water partition coefficient (Wildman–Crippen LogP) is 6.90. The van der Waals surface area contributed by atoms with E-state index in [0.717, 1.165) is 45.7 Å². The van der Waals surface area contributed by atoms with Gasteiger partial charge in [0.15, 0.2) is 0 Å². The Bertz CT molecular complexity index is 1500. The Labute approximate surface area is 210 Å². The molecule has 1 N–H and O–H groups in total. The molecule has 0 aliphatic carbocycles.